The zero-order valence-electron chi connectivity index (χ0n) is 19.3. The van der Waals surface area contributed by atoms with E-state index in [0.29, 0.717) is 31.2 Å². The van der Waals surface area contributed by atoms with Crippen molar-refractivity contribution in [2.75, 3.05) is 35.2 Å². The Hall–Kier alpha value is -3.69. The van der Waals surface area contributed by atoms with Crippen LogP contribution in [0.25, 0.3) is 0 Å². The molecule has 1 aromatic carbocycles. The first-order chi connectivity index (χ1) is 16.8. The number of nitrogens with zero attached hydrogens (tertiary/aromatic N) is 4. The maximum Gasteiger partial charge on any atom is 0.451 e. The fourth-order valence-corrected chi connectivity index (χ4v) is 3.88. The van der Waals surface area contributed by atoms with Crippen LogP contribution in [-0.4, -0.2) is 40.5 Å². The molecule has 2 N–H and O–H groups in total. The van der Waals surface area contributed by atoms with Gasteiger partial charge in [0.15, 0.2) is 0 Å². The normalized spacial score (nSPS) is 14.6. The van der Waals surface area contributed by atoms with Crippen molar-refractivity contribution < 1.29 is 18.0 Å². The Morgan fingerprint density at radius 1 is 1.06 bits per heavy atom. The fourth-order valence-electron chi connectivity index (χ4n) is 3.88. The number of piperidine rings is 1. The van der Waals surface area contributed by atoms with Gasteiger partial charge < -0.3 is 15.5 Å². The molecule has 0 unspecified atom stereocenters. The van der Waals surface area contributed by atoms with Gasteiger partial charge in [-0.05, 0) is 55.2 Å². The Labute approximate surface area is 201 Å². The lowest BCUT2D eigenvalue weighted by Crippen LogP contribution is -2.35. The summed E-state index contributed by atoms with van der Waals surface area (Å²) in [7, 11) is 0. The van der Waals surface area contributed by atoms with Crippen LogP contribution in [0.15, 0.2) is 54.9 Å². The number of carbonyl (C=O) groups excluding carboxylic acids is 1. The van der Waals surface area contributed by atoms with Gasteiger partial charge in [-0.15, -0.1) is 0 Å². The Kier molecular flexibility index (Phi) is 7.48. The molecule has 1 aliphatic heterocycles. The summed E-state index contributed by atoms with van der Waals surface area (Å²) < 4.78 is 39.7. The van der Waals surface area contributed by atoms with E-state index in [2.05, 4.69) is 32.5 Å². The molecule has 4 rings (SSSR count). The maximum atomic E-state index is 13.2. The first kappa shape index (κ1) is 24.4. The van der Waals surface area contributed by atoms with Crippen LogP contribution in [-0.2, 0) is 12.6 Å². The van der Waals surface area contributed by atoms with Gasteiger partial charge in [-0.1, -0.05) is 13.0 Å². The summed E-state index contributed by atoms with van der Waals surface area (Å²) >= 11 is 0. The number of amides is 1. The zero-order valence-corrected chi connectivity index (χ0v) is 19.3. The summed E-state index contributed by atoms with van der Waals surface area (Å²) in [6.07, 6.45) is 0.442. The highest BCUT2D eigenvalue weighted by Gasteiger charge is 2.36. The van der Waals surface area contributed by atoms with Gasteiger partial charge in [0.05, 0.1) is 0 Å². The topological polar surface area (TPSA) is 83.0 Å². The predicted octanol–water partition coefficient (Wildman–Crippen LogP) is 5.03. The van der Waals surface area contributed by atoms with E-state index >= 15 is 0 Å². The molecule has 7 nitrogen and oxygen atoms in total. The van der Waals surface area contributed by atoms with E-state index in [1.807, 2.05) is 30.3 Å². The van der Waals surface area contributed by atoms with Gasteiger partial charge in [-0.25, -0.2) is 9.97 Å². The molecule has 0 radical (unpaired) electrons. The lowest BCUT2D eigenvalue weighted by molar-refractivity contribution is -0.144. The van der Waals surface area contributed by atoms with Crippen molar-refractivity contribution >= 4 is 23.1 Å². The number of alkyl halides is 3. The molecule has 0 spiro atoms. The summed E-state index contributed by atoms with van der Waals surface area (Å²) in [4.78, 5) is 26.2. The largest absolute Gasteiger partial charge is 0.451 e. The van der Waals surface area contributed by atoms with Crippen LogP contribution >= 0.6 is 0 Å². The molecule has 0 atom stereocenters. The third-order valence-electron chi connectivity index (χ3n) is 5.93. The SMILES string of the molecule is CC1CCN(c2nc(C(F)(F)F)ncc2C(=O)Nc2ccc(NCCc3ccccn3)cc2)CC1. The smallest absolute Gasteiger partial charge is 0.385 e. The minimum Gasteiger partial charge on any atom is -0.385 e. The van der Waals surface area contributed by atoms with Crippen molar-refractivity contribution in [1.29, 1.82) is 0 Å². The molecule has 1 saturated heterocycles. The van der Waals surface area contributed by atoms with Crippen LogP contribution in [0.3, 0.4) is 0 Å². The van der Waals surface area contributed by atoms with Crippen molar-refractivity contribution in [3.8, 4) is 0 Å². The van der Waals surface area contributed by atoms with Gasteiger partial charge in [-0.3, -0.25) is 9.78 Å². The highest BCUT2D eigenvalue weighted by molar-refractivity contribution is 6.07. The molecule has 1 amide bonds. The molecule has 1 aliphatic rings. The lowest BCUT2D eigenvalue weighted by Gasteiger charge is -2.32. The Morgan fingerprint density at radius 3 is 2.43 bits per heavy atom. The zero-order chi connectivity index (χ0) is 24.8. The van der Waals surface area contributed by atoms with Crippen LogP contribution in [0, 0.1) is 5.92 Å². The summed E-state index contributed by atoms with van der Waals surface area (Å²) in [6, 6.07) is 12.9. The number of nitrogens with one attached hydrogen (secondary N) is 2. The van der Waals surface area contributed by atoms with E-state index in [-0.39, 0.29) is 11.4 Å². The summed E-state index contributed by atoms with van der Waals surface area (Å²) in [5, 5.41) is 6.04. The Balaban J connectivity index is 1.44. The van der Waals surface area contributed by atoms with E-state index in [9.17, 15) is 18.0 Å². The fraction of sp³-hybridized carbons (Fsp3) is 0.360. The standard InChI is InChI=1S/C25H27F3N6O/c1-17-10-14-34(15-11-17)22-21(16-31-24(33-22)25(26,27)28)23(35)32-20-7-5-19(6-8-20)30-13-9-18-4-2-3-12-29-18/h2-8,12,16-17,30H,9-11,13-15H2,1H3,(H,32,35). The number of aromatic nitrogens is 3. The molecule has 10 heteroatoms. The quantitative estimate of drug-likeness (QED) is 0.489. The maximum absolute atomic E-state index is 13.2. The molecule has 2 aromatic heterocycles. The molecule has 3 heterocycles. The third-order valence-corrected chi connectivity index (χ3v) is 5.93. The Morgan fingerprint density at radius 2 is 1.77 bits per heavy atom. The number of pyridine rings is 1. The molecule has 0 saturated carbocycles. The van der Waals surface area contributed by atoms with Crippen molar-refractivity contribution in [2.24, 2.45) is 5.92 Å². The summed E-state index contributed by atoms with van der Waals surface area (Å²) in [6.45, 7) is 3.87. The van der Waals surface area contributed by atoms with Crippen LogP contribution in [0.2, 0.25) is 0 Å². The predicted molar refractivity (Wildman–Crippen MR) is 128 cm³/mol. The number of carbonyl (C=O) groups is 1. The second-order valence-corrected chi connectivity index (χ2v) is 8.63. The van der Waals surface area contributed by atoms with E-state index < -0.39 is 17.9 Å². The van der Waals surface area contributed by atoms with Gasteiger partial charge >= 0.3 is 6.18 Å². The summed E-state index contributed by atoms with van der Waals surface area (Å²) in [5.74, 6) is -1.31. The van der Waals surface area contributed by atoms with Gasteiger partial charge in [0.1, 0.15) is 11.4 Å². The molecular weight excluding hydrogens is 457 g/mol. The van der Waals surface area contributed by atoms with Crippen LogP contribution in [0.5, 0.6) is 0 Å². The van der Waals surface area contributed by atoms with Crippen LogP contribution in [0.4, 0.5) is 30.4 Å². The number of benzene rings is 1. The van der Waals surface area contributed by atoms with E-state index in [1.165, 1.54) is 0 Å². The molecule has 0 aliphatic carbocycles. The van der Waals surface area contributed by atoms with Crippen molar-refractivity contribution in [1.82, 2.24) is 15.0 Å². The molecule has 1 fully saturated rings. The van der Waals surface area contributed by atoms with E-state index in [4.69, 9.17) is 0 Å². The number of hydrogen-bond donors (Lipinski definition) is 2. The number of halogens is 3. The highest BCUT2D eigenvalue weighted by Crippen LogP contribution is 2.31. The second kappa shape index (κ2) is 10.7. The molecule has 3 aromatic rings. The minimum atomic E-state index is -4.69. The lowest BCUT2D eigenvalue weighted by atomic mass is 9.99. The second-order valence-electron chi connectivity index (χ2n) is 8.63. The van der Waals surface area contributed by atoms with E-state index in [1.54, 1.807) is 23.2 Å². The average Bonchev–Trinajstić information content (AvgIpc) is 2.85. The van der Waals surface area contributed by atoms with Gasteiger partial charge in [0, 0.05) is 55.5 Å². The van der Waals surface area contributed by atoms with Crippen molar-refractivity contribution in [2.45, 2.75) is 32.4 Å². The molecule has 35 heavy (non-hydrogen) atoms. The number of hydrogen-bond acceptors (Lipinski definition) is 6. The van der Waals surface area contributed by atoms with Crippen LogP contribution < -0.4 is 15.5 Å². The van der Waals surface area contributed by atoms with Gasteiger partial charge in [0.25, 0.3) is 5.91 Å². The monoisotopic (exact) mass is 484 g/mol. The molecular formula is C25H27F3N6O. The average molecular weight is 485 g/mol. The van der Waals surface area contributed by atoms with E-state index in [0.717, 1.165) is 36.8 Å². The van der Waals surface area contributed by atoms with Crippen LogP contribution in [0.1, 0.15) is 41.6 Å². The van der Waals surface area contributed by atoms with Gasteiger partial charge in [0.2, 0.25) is 5.82 Å². The van der Waals surface area contributed by atoms with Crippen molar-refractivity contribution in [3.63, 3.8) is 0 Å². The molecule has 184 valence electrons. The summed E-state index contributed by atoms with van der Waals surface area (Å²) in [5.41, 5.74) is 2.40. The highest BCUT2D eigenvalue weighted by atomic mass is 19.4. The molecule has 0 bridgehead atoms. The number of anilines is 3. The third kappa shape index (κ3) is 6.46. The number of rotatable bonds is 7. The minimum absolute atomic E-state index is 0.0181. The Bertz CT molecular complexity index is 1130. The first-order valence-corrected chi connectivity index (χ1v) is 11.5. The first-order valence-electron chi connectivity index (χ1n) is 11.5. The van der Waals surface area contributed by atoms with Gasteiger partial charge in [-0.2, -0.15) is 13.2 Å². The van der Waals surface area contributed by atoms with Crippen molar-refractivity contribution in [3.05, 3.63) is 71.9 Å².